The number of esters is 1. The van der Waals surface area contributed by atoms with Crippen LogP contribution in [0.2, 0.25) is 0 Å². The summed E-state index contributed by atoms with van der Waals surface area (Å²) in [6, 6.07) is 6.01. The normalized spacial score (nSPS) is 16.7. The standard InChI is InChI=1S/C15H13N3O2S2/c1-7-10(15(19)20-2)11(8-4-3-5-21-8)12-13(17)9(6-16)22-14(12)18-7/h3-5,11,18H,17H2,1-2H3. The van der Waals surface area contributed by atoms with Crippen LogP contribution in [0.5, 0.6) is 0 Å². The number of nitrogen functional groups attached to an aromatic ring is 1. The Balaban J connectivity index is 2.27. The highest BCUT2D eigenvalue weighted by atomic mass is 32.1. The minimum Gasteiger partial charge on any atom is -0.466 e. The van der Waals surface area contributed by atoms with Gasteiger partial charge in [-0.1, -0.05) is 6.07 Å². The molecule has 0 radical (unpaired) electrons. The van der Waals surface area contributed by atoms with Gasteiger partial charge >= 0.3 is 5.97 Å². The first-order chi connectivity index (χ1) is 10.6. The number of allylic oxidation sites excluding steroid dienone is 1. The van der Waals surface area contributed by atoms with Crippen LogP contribution in [-0.2, 0) is 9.53 Å². The first-order valence-corrected chi connectivity index (χ1v) is 8.19. The second-order valence-electron chi connectivity index (χ2n) is 4.80. The zero-order chi connectivity index (χ0) is 15.9. The maximum absolute atomic E-state index is 12.3. The molecular weight excluding hydrogens is 318 g/mol. The van der Waals surface area contributed by atoms with Crippen LogP contribution in [0.25, 0.3) is 0 Å². The molecule has 0 saturated heterocycles. The van der Waals surface area contributed by atoms with Crippen molar-refractivity contribution in [3.05, 3.63) is 44.1 Å². The summed E-state index contributed by atoms with van der Waals surface area (Å²) >= 11 is 2.86. The molecule has 7 heteroatoms. The first-order valence-electron chi connectivity index (χ1n) is 6.50. The Morgan fingerprint density at radius 2 is 2.32 bits per heavy atom. The van der Waals surface area contributed by atoms with E-state index in [-0.39, 0.29) is 5.92 Å². The predicted molar refractivity (Wildman–Crippen MR) is 87.9 cm³/mol. The van der Waals surface area contributed by atoms with Crippen LogP contribution in [0.15, 0.2) is 28.8 Å². The van der Waals surface area contributed by atoms with Crippen molar-refractivity contribution in [2.75, 3.05) is 18.2 Å². The molecule has 2 aromatic rings. The van der Waals surface area contributed by atoms with Crippen molar-refractivity contribution < 1.29 is 9.53 Å². The van der Waals surface area contributed by atoms with Crippen LogP contribution in [0, 0.1) is 11.3 Å². The lowest BCUT2D eigenvalue weighted by Gasteiger charge is -2.27. The average molecular weight is 331 g/mol. The van der Waals surface area contributed by atoms with Crippen LogP contribution in [0.3, 0.4) is 0 Å². The van der Waals surface area contributed by atoms with Gasteiger partial charge in [0.2, 0.25) is 0 Å². The molecule has 5 nitrogen and oxygen atoms in total. The molecule has 3 N–H and O–H groups in total. The fraction of sp³-hybridized carbons (Fsp3) is 0.200. The summed E-state index contributed by atoms with van der Waals surface area (Å²) in [5, 5.41) is 15.2. The van der Waals surface area contributed by atoms with Crippen LogP contribution in [-0.4, -0.2) is 13.1 Å². The van der Waals surface area contributed by atoms with Crippen molar-refractivity contribution in [2.24, 2.45) is 0 Å². The Morgan fingerprint density at radius 1 is 1.55 bits per heavy atom. The molecule has 0 spiro atoms. The molecule has 2 aromatic heterocycles. The molecule has 22 heavy (non-hydrogen) atoms. The predicted octanol–water partition coefficient (Wildman–Crippen LogP) is 3.27. The molecular formula is C15H13N3O2S2. The van der Waals surface area contributed by atoms with Crippen molar-refractivity contribution in [1.82, 2.24) is 0 Å². The number of hydrogen-bond donors (Lipinski definition) is 2. The summed E-state index contributed by atoms with van der Waals surface area (Å²) < 4.78 is 4.94. The number of nitrogens with one attached hydrogen (secondary N) is 1. The fourth-order valence-electron chi connectivity index (χ4n) is 2.64. The number of carbonyl (C=O) groups excluding carboxylic acids is 1. The van der Waals surface area contributed by atoms with Crippen LogP contribution >= 0.6 is 22.7 Å². The van der Waals surface area contributed by atoms with Gasteiger partial charge < -0.3 is 15.8 Å². The molecule has 0 aliphatic carbocycles. The molecule has 0 saturated carbocycles. The van der Waals surface area contributed by atoms with Crippen molar-refractivity contribution >= 4 is 39.3 Å². The topological polar surface area (TPSA) is 88.1 Å². The monoisotopic (exact) mass is 331 g/mol. The first kappa shape index (κ1) is 14.6. The zero-order valence-electron chi connectivity index (χ0n) is 12.0. The maximum Gasteiger partial charge on any atom is 0.336 e. The van der Waals surface area contributed by atoms with Crippen molar-refractivity contribution in [3.63, 3.8) is 0 Å². The van der Waals surface area contributed by atoms with E-state index in [1.807, 2.05) is 24.4 Å². The van der Waals surface area contributed by atoms with Crippen molar-refractivity contribution in [2.45, 2.75) is 12.8 Å². The van der Waals surface area contributed by atoms with Crippen molar-refractivity contribution in [1.29, 1.82) is 5.26 Å². The smallest absolute Gasteiger partial charge is 0.336 e. The largest absolute Gasteiger partial charge is 0.466 e. The van der Waals surface area contributed by atoms with E-state index >= 15 is 0 Å². The molecule has 0 fully saturated rings. The highest BCUT2D eigenvalue weighted by Gasteiger charge is 2.37. The van der Waals surface area contributed by atoms with Gasteiger partial charge in [-0.25, -0.2) is 4.79 Å². The third-order valence-corrected chi connectivity index (χ3v) is 5.58. The highest BCUT2D eigenvalue weighted by molar-refractivity contribution is 7.17. The lowest BCUT2D eigenvalue weighted by molar-refractivity contribution is -0.136. The van der Waals surface area contributed by atoms with E-state index in [1.165, 1.54) is 18.4 Å². The minimum atomic E-state index is -0.391. The van der Waals surface area contributed by atoms with E-state index in [2.05, 4.69) is 11.4 Å². The molecule has 3 rings (SSSR count). The number of methoxy groups -OCH3 is 1. The van der Waals surface area contributed by atoms with Gasteiger partial charge in [-0.3, -0.25) is 0 Å². The molecule has 0 bridgehead atoms. The Hall–Kier alpha value is -2.30. The lowest BCUT2D eigenvalue weighted by Crippen LogP contribution is -2.23. The second-order valence-corrected chi connectivity index (χ2v) is 6.80. The van der Waals surface area contributed by atoms with Gasteiger partial charge in [0.05, 0.1) is 24.3 Å². The number of rotatable bonds is 2. The Labute approximate surface area is 135 Å². The number of ether oxygens (including phenoxy) is 1. The van der Waals surface area contributed by atoms with E-state index in [1.54, 1.807) is 11.3 Å². The molecule has 1 atom stereocenters. The van der Waals surface area contributed by atoms with Gasteiger partial charge in [-0.05, 0) is 18.4 Å². The minimum absolute atomic E-state index is 0.304. The third kappa shape index (κ3) is 2.08. The number of thiophene rings is 2. The summed E-state index contributed by atoms with van der Waals surface area (Å²) in [6.07, 6.45) is 0. The lowest BCUT2D eigenvalue weighted by atomic mass is 9.86. The van der Waals surface area contributed by atoms with Crippen molar-refractivity contribution in [3.8, 4) is 6.07 Å². The fourth-order valence-corrected chi connectivity index (χ4v) is 4.49. The third-order valence-electron chi connectivity index (χ3n) is 3.60. The Morgan fingerprint density at radius 3 is 2.91 bits per heavy atom. The summed E-state index contributed by atoms with van der Waals surface area (Å²) in [4.78, 5) is 13.7. The summed E-state index contributed by atoms with van der Waals surface area (Å²) in [6.45, 7) is 1.83. The molecule has 0 amide bonds. The Bertz CT molecular complexity index is 813. The number of carbonyl (C=O) groups is 1. The van der Waals surface area contributed by atoms with Gasteiger partial charge in [-0.2, -0.15) is 5.26 Å². The van der Waals surface area contributed by atoms with E-state index in [4.69, 9.17) is 10.5 Å². The molecule has 112 valence electrons. The van der Waals surface area contributed by atoms with Gasteiger partial charge in [0.25, 0.3) is 0 Å². The maximum atomic E-state index is 12.3. The van der Waals surface area contributed by atoms with E-state index in [9.17, 15) is 10.1 Å². The second kappa shape index (κ2) is 5.48. The average Bonchev–Trinajstić information content (AvgIpc) is 3.13. The van der Waals surface area contributed by atoms with E-state index in [0.29, 0.717) is 16.1 Å². The summed E-state index contributed by atoms with van der Waals surface area (Å²) in [5.74, 6) is -0.694. The van der Waals surface area contributed by atoms with Crippen LogP contribution in [0.1, 0.15) is 28.2 Å². The number of anilines is 2. The quantitative estimate of drug-likeness (QED) is 0.825. The number of nitrogens with two attached hydrogens (primary N) is 1. The Kier molecular flexibility index (Phi) is 3.64. The number of nitrogens with zero attached hydrogens (tertiary/aromatic N) is 1. The molecule has 1 unspecified atom stereocenters. The zero-order valence-corrected chi connectivity index (χ0v) is 13.6. The van der Waals surface area contributed by atoms with Gasteiger partial charge in [0.1, 0.15) is 15.9 Å². The molecule has 1 aliphatic heterocycles. The highest BCUT2D eigenvalue weighted by Crippen LogP contribution is 2.50. The van der Waals surface area contributed by atoms with E-state index < -0.39 is 5.97 Å². The molecule has 0 aromatic carbocycles. The number of fused-ring (bicyclic) bond motifs is 1. The summed E-state index contributed by atoms with van der Waals surface area (Å²) in [7, 11) is 1.36. The number of nitriles is 1. The molecule has 3 heterocycles. The number of hydrogen-bond acceptors (Lipinski definition) is 7. The van der Waals surface area contributed by atoms with Gasteiger partial charge in [0.15, 0.2) is 0 Å². The molecule has 1 aliphatic rings. The van der Waals surface area contributed by atoms with Crippen LogP contribution < -0.4 is 11.1 Å². The summed E-state index contributed by atoms with van der Waals surface area (Å²) in [5.41, 5.74) is 8.64. The van der Waals surface area contributed by atoms with E-state index in [0.717, 1.165) is 21.1 Å². The van der Waals surface area contributed by atoms with Crippen LogP contribution in [0.4, 0.5) is 10.7 Å². The SMILES string of the molecule is COC(=O)C1=C(C)Nc2sc(C#N)c(N)c2C1c1cccs1. The van der Waals surface area contributed by atoms with Gasteiger partial charge in [0, 0.05) is 16.1 Å². The van der Waals surface area contributed by atoms with Gasteiger partial charge in [-0.15, -0.1) is 22.7 Å².